The number of halogens is 1. The second-order valence-electron chi connectivity index (χ2n) is 7.57. The van der Waals surface area contributed by atoms with Crippen molar-refractivity contribution in [2.45, 2.75) is 39.7 Å². The first kappa shape index (κ1) is 24.2. The number of nitrogens with zero attached hydrogens (tertiary/aromatic N) is 4. The number of aliphatic imine (C=N–C) groups is 1. The Morgan fingerprint density at radius 2 is 2.23 bits per heavy atom. The summed E-state index contributed by atoms with van der Waals surface area (Å²) < 4.78 is 7.42. The molecule has 2 aromatic rings. The third kappa shape index (κ3) is 6.23. The van der Waals surface area contributed by atoms with Gasteiger partial charge in [-0.1, -0.05) is 6.92 Å². The third-order valence-electron chi connectivity index (χ3n) is 5.41. The highest BCUT2D eigenvalue weighted by Crippen LogP contribution is 2.27. The van der Waals surface area contributed by atoms with Crippen LogP contribution in [0.15, 0.2) is 40.5 Å². The smallest absolute Gasteiger partial charge is 0.287 e. The van der Waals surface area contributed by atoms with Crippen molar-refractivity contribution in [2.24, 2.45) is 10.9 Å². The fraction of sp³-hybridized carbons (Fsp3) is 0.571. The van der Waals surface area contributed by atoms with Crippen molar-refractivity contribution in [2.75, 3.05) is 32.7 Å². The molecule has 1 aliphatic rings. The van der Waals surface area contributed by atoms with E-state index < -0.39 is 0 Å². The Hall–Kier alpha value is -2.04. The van der Waals surface area contributed by atoms with Crippen molar-refractivity contribution < 1.29 is 9.21 Å². The quantitative estimate of drug-likeness (QED) is 0.250. The topological polar surface area (TPSA) is 87.7 Å². The average Bonchev–Trinajstić information content (AvgIpc) is 3.39. The summed E-state index contributed by atoms with van der Waals surface area (Å²) in [7, 11) is 0. The fourth-order valence-electron chi connectivity index (χ4n) is 3.67. The lowest BCUT2D eigenvalue weighted by Gasteiger charge is -2.39. The maximum absolute atomic E-state index is 12.1. The lowest BCUT2D eigenvalue weighted by Crippen LogP contribution is -2.49. The first-order chi connectivity index (χ1) is 14.1. The third-order valence-corrected chi connectivity index (χ3v) is 5.41. The predicted octanol–water partition coefficient (Wildman–Crippen LogP) is 3.07. The Bertz CT molecular complexity index is 804. The zero-order valence-corrected chi connectivity index (χ0v) is 20.3. The molecule has 0 aromatic carbocycles. The number of piperidine rings is 1. The zero-order chi connectivity index (χ0) is 20.6. The van der Waals surface area contributed by atoms with Gasteiger partial charge in [-0.2, -0.15) is 0 Å². The molecule has 0 radical (unpaired) electrons. The van der Waals surface area contributed by atoms with Crippen molar-refractivity contribution >= 4 is 35.8 Å². The summed E-state index contributed by atoms with van der Waals surface area (Å²) in [6, 6.07) is 2.18. The van der Waals surface area contributed by atoms with Gasteiger partial charge in [-0.15, -0.1) is 24.0 Å². The van der Waals surface area contributed by atoms with Crippen LogP contribution in [0, 0.1) is 12.8 Å². The van der Waals surface area contributed by atoms with Crippen LogP contribution < -0.4 is 10.6 Å². The van der Waals surface area contributed by atoms with Crippen LogP contribution >= 0.6 is 24.0 Å². The number of rotatable bonds is 7. The molecule has 2 N–H and O–H groups in total. The number of guanidine groups is 1. The van der Waals surface area contributed by atoms with Gasteiger partial charge in [0.1, 0.15) is 0 Å². The Kier molecular flexibility index (Phi) is 9.67. The fourth-order valence-corrected chi connectivity index (χ4v) is 3.67. The van der Waals surface area contributed by atoms with E-state index in [1.54, 1.807) is 6.07 Å². The van der Waals surface area contributed by atoms with Crippen molar-refractivity contribution in [1.82, 2.24) is 25.1 Å². The van der Waals surface area contributed by atoms with Gasteiger partial charge < -0.3 is 24.5 Å². The van der Waals surface area contributed by atoms with Gasteiger partial charge >= 0.3 is 0 Å². The first-order valence-corrected chi connectivity index (χ1v) is 10.4. The number of hydrogen-bond donors (Lipinski definition) is 2. The van der Waals surface area contributed by atoms with E-state index in [0.29, 0.717) is 30.8 Å². The van der Waals surface area contributed by atoms with E-state index in [9.17, 15) is 4.79 Å². The molecule has 1 aliphatic heterocycles. The molecule has 1 amide bonds. The van der Waals surface area contributed by atoms with Crippen LogP contribution in [-0.2, 0) is 0 Å². The lowest BCUT2D eigenvalue weighted by molar-refractivity contribution is 0.0925. The molecular formula is C21H33IN6O2. The number of aryl methyl sites for hydroxylation is 1. The molecule has 3 rings (SSSR count). The number of carbonyl (C=O) groups excluding carboxylic acids is 1. The minimum atomic E-state index is -0.170. The van der Waals surface area contributed by atoms with E-state index >= 15 is 0 Å². The molecule has 1 saturated heterocycles. The Labute approximate surface area is 195 Å². The monoisotopic (exact) mass is 528 g/mol. The van der Waals surface area contributed by atoms with Crippen molar-refractivity contribution in [3.63, 3.8) is 0 Å². The van der Waals surface area contributed by atoms with Crippen LogP contribution in [0.5, 0.6) is 0 Å². The Morgan fingerprint density at radius 3 is 2.90 bits per heavy atom. The molecule has 2 aromatic heterocycles. The number of carbonyl (C=O) groups is 1. The van der Waals surface area contributed by atoms with Crippen LogP contribution in [0.3, 0.4) is 0 Å². The number of hydrogen-bond acceptors (Lipinski definition) is 4. The molecular weight excluding hydrogens is 495 g/mol. The highest BCUT2D eigenvalue weighted by Gasteiger charge is 2.28. The van der Waals surface area contributed by atoms with Gasteiger partial charge in [-0.25, -0.2) is 4.98 Å². The molecule has 0 bridgehead atoms. The number of nitrogens with one attached hydrogen (secondary N) is 2. The summed E-state index contributed by atoms with van der Waals surface area (Å²) in [5, 5.41) is 6.31. The minimum absolute atomic E-state index is 0. The van der Waals surface area contributed by atoms with Gasteiger partial charge in [0.05, 0.1) is 18.6 Å². The molecule has 1 fully saturated rings. The Morgan fingerprint density at radius 1 is 1.40 bits per heavy atom. The molecule has 8 nitrogen and oxygen atoms in total. The van der Waals surface area contributed by atoms with Gasteiger partial charge in [0.2, 0.25) is 0 Å². The number of amides is 1. The van der Waals surface area contributed by atoms with Crippen LogP contribution in [0.2, 0.25) is 0 Å². The molecule has 30 heavy (non-hydrogen) atoms. The second-order valence-corrected chi connectivity index (χ2v) is 7.57. The number of likely N-dealkylation sites (tertiary alicyclic amines) is 1. The zero-order valence-electron chi connectivity index (χ0n) is 18.0. The van der Waals surface area contributed by atoms with Gasteiger partial charge in [0, 0.05) is 50.7 Å². The van der Waals surface area contributed by atoms with Gasteiger partial charge in [-0.05, 0) is 38.7 Å². The standard InChI is InChI=1S/C21H32N6O2.HI/c1-4-23-21(25-9-5-8-24-20(28)19-17(3)7-13-29-19)26-11-6-16(2)18(14-26)27-12-10-22-15-27;/h7,10,12-13,15-16,18H,4-6,8-9,11,14H2,1-3H3,(H,23,25)(H,24,28);1H. The van der Waals surface area contributed by atoms with Gasteiger partial charge in [0.15, 0.2) is 11.7 Å². The van der Waals surface area contributed by atoms with Crippen molar-refractivity contribution in [3.8, 4) is 0 Å². The first-order valence-electron chi connectivity index (χ1n) is 10.4. The molecule has 9 heteroatoms. The summed E-state index contributed by atoms with van der Waals surface area (Å²) >= 11 is 0. The molecule has 0 saturated carbocycles. The average molecular weight is 528 g/mol. The van der Waals surface area contributed by atoms with Crippen molar-refractivity contribution in [3.05, 3.63) is 42.4 Å². The number of furan rings is 1. The van der Waals surface area contributed by atoms with E-state index in [4.69, 9.17) is 9.41 Å². The maximum atomic E-state index is 12.1. The molecule has 3 heterocycles. The summed E-state index contributed by atoms with van der Waals surface area (Å²) in [6.45, 7) is 10.2. The summed E-state index contributed by atoms with van der Waals surface area (Å²) in [6.07, 6.45) is 9.20. The van der Waals surface area contributed by atoms with Crippen molar-refractivity contribution in [1.29, 1.82) is 0 Å². The number of aromatic nitrogens is 2. The molecule has 166 valence electrons. The summed E-state index contributed by atoms with van der Waals surface area (Å²) in [5.74, 6) is 1.76. The van der Waals surface area contributed by atoms with E-state index in [0.717, 1.165) is 44.0 Å². The molecule has 2 atom stereocenters. The van der Waals surface area contributed by atoms with Gasteiger partial charge in [0.25, 0.3) is 5.91 Å². The van der Waals surface area contributed by atoms with E-state index in [1.807, 2.05) is 25.6 Å². The predicted molar refractivity (Wildman–Crippen MR) is 128 cm³/mol. The second kappa shape index (κ2) is 12.0. The van der Waals surface area contributed by atoms with Crippen LogP contribution in [-0.4, -0.2) is 59.0 Å². The number of imidazole rings is 1. The summed E-state index contributed by atoms with van der Waals surface area (Å²) in [4.78, 5) is 23.4. The molecule has 0 aliphatic carbocycles. The van der Waals surface area contributed by atoms with E-state index in [2.05, 4.69) is 38.9 Å². The van der Waals surface area contributed by atoms with Crippen LogP contribution in [0.1, 0.15) is 48.8 Å². The Balaban J connectivity index is 0.00000320. The largest absolute Gasteiger partial charge is 0.459 e. The van der Waals surface area contributed by atoms with Crippen LogP contribution in [0.4, 0.5) is 0 Å². The maximum Gasteiger partial charge on any atom is 0.287 e. The SMILES string of the molecule is CCNC(=NCCCNC(=O)c1occc1C)N1CCC(C)C(n2ccnc2)C1.I. The summed E-state index contributed by atoms with van der Waals surface area (Å²) in [5.41, 5.74) is 0.849. The van der Waals surface area contributed by atoms with Crippen LogP contribution in [0.25, 0.3) is 0 Å². The van der Waals surface area contributed by atoms with Gasteiger partial charge in [-0.3, -0.25) is 9.79 Å². The van der Waals surface area contributed by atoms with E-state index in [-0.39, 0.29) is 29.9 Å². The molecule has 0 spiro atoms. The lowest BCUT2D eigenvalue weighted by atomic mass is 9.93. The minimum Gasteiger partial charge on any atom is -0.459 e. The molecule has 2 unspecified atom stereocenters. The van der Waals surface area contributed by atoms with E-state index in [1.165, 1.54) is 6.26 Å². The highest BCUT2D eigenvalue weighted by molar-refractivity contribution is 14.0. The highest BCUT2D eigenvalue weighted by atomic mass is 127. The normalized spacial score (nSPS) is 19.3.